The highest BCUT2D eigenvalue weighted by atomic mass is 16.5. The number of carboxylic acid groups (broad SMARTS) is 1. The highest BCUT2D eigenvalue weighted by Gasteiger charge is 2.31. The number of hydrazine groups is 1. The summed E-state index contributed by atoms with van der Waals surface area (Å²) >= 11 is 0. The summed E-state index contributed by atoms with van der Waals surface area (Å²) in [6.07, 6.45) is 4.93. The minimum absolute atomic E-state index is 0.150. The maximum atomic E-state index is 12.7. The lowest BCUT2D eigenvalue weighted by Gasteiger charge is -2.36. The minimum atomic E-state index is -1.10. The zero-order chi connectivity index (χ0) is 21.3. The molecule has 1 unspecified atom stereocenters. The lowest BCUT2D eigenvalue weighted by molar-refractivity contribution is -0.149. The Bertz CT molecular complexity index is 721. The van der Waals surface area contributed by atoms with E-state index in [2.05, 4.69) is 5.32 Å². The van der Waals surface area contributed by atoms with Gasteiger partial charge in [0.2, 0.25) is 5.91 Å². The summed E-state index contributed by atoms with van der Waals surface area (Å²) < 4.78 is 5.36. The van der Waals surface area contributed by atoms with E-state index in [0.29, 0.717) is 25.4 Å². The summed E-state index contributed by atoms with van der Waals surface area (Å²) in [6, 6.07) is 9.34. The zero-order valence-corrected chi connectivity index (χ0v) is 17.3. The molecule has 2 N–H and O–H groups in total. The Morgan fingerprint density at radius 3 is 2.37 bits per heavy atom. The average molecular weight is 418 g/mol. The molecule has 3 rings (SSSR count). The molecule has 0 bridgehead atoms. The van der Waals surface area contributed by atoms with Crippen LogP contribution in [0, 0.1) is 5.92 Å². The first-order chi connectivity index (χ1) is 14.5. The van der Waals surface area contributed by atoms with Crippen molar-refractivity contribution in [3.05, 3.63) is 35.9 Å². The Morgan fingerprint density at radius 1 is 1.03 bits per heavy atom. The second kappa shape index (κ2) is 10.8. The van der Waals surface area contributed by atoms with Gasteiger partial charge in [0, 0.05) is 25.6 Å². The molecule has 0 radical (unpaired) electrons. The van der Waals surface area contributed by atoms with Crippen LogP contribution in [0.5, 0.6) is 0 Å². The first-order valence-corrected chi connectivity index (χ1v) is 10.8. The number of carbonyl (C=O) groups is 3. The molecule has 30 heavy (non-hydrogen) atoms. The number of carbonyl (C=O) groups excluding carboxylic acids is 2. The van der Waals surface area contributed by atoms with Gasteiger partial charge in [-0.2, -0.15) is 0 Å². The fraction of sp³-hybridized carbons (Fsp3) is 0.591. The van der Waals surface area contributed by atoms with Gasteiger partial charge in [-0.05, 0) is 43.6 Å². The highest BCUT2D eigenvalue weighted by Crippen LogP contribution is 2.30. The van der Waals surface area contributed by atoms with Crippen LogP contribution in [-0.2, 0) is 16.1 Å². The van der Waals surface area contributed by atoms with Crippen molar-refractivity contribution < 1.29 is 24.2 Å². The number of amides is 3. The van der Waals surface area contributed by atoms with Crippen molar-refractivity contribution >= 4 is 18.1 Å². The third-order valence-electron chi connectivity index (χ3n) is 5.94. The summed E-state index contributed by atoms with van der Waals surface area (Å²) in [5.74, 6) is 0.110. The molecule has 1 heterocycles. The van der Waals surface area contributed by atoms with Gasteiger partial charge >= 0.3 is 12.2 Å². The third-order valence-corrected chi connectivity index (χ3v) is 5.94. The van der Waals surface area contributed by atoms with Crippen LogP contribution in [0.4, 0.5) is 9.59 Å². The number of benzene rings is 1. The second-order valence-corrected chi connectivity index (χ2v) is 8.03. The lowest BCUT2D eigenvalue weighted by Crippen LogP contribution is -2.53. The van der Waals surface area contributed by atoms with Gasteiger partial charge in [-0.3, -0.25) is 4.79 Å². The van der Waals surface area contributed by atoms with Crippen LogP contribution in [0.25, 0.3) is 0 Å². The minimum Gasteiger partial charge on any atom is -0.464 e. The predicted octanol–water partition coefficient (Wildman–Crippen LogP) is 3.77. The molecule has 1 atom stereocenters. The van der Waals surface area contributed by atoms with Gasteiger partial charge in [0.1, 0.15) is 6.61 Å². The molecule has 1 saturated carbocycles. The quantitative estimate of drug-likeness (QED) is 0.704. The van der Waals surface area contributed by atoms with Gasteiger partial charge < -0.3 is 15.2 Å². The molecule has 8 nitrogen and oxygen atoms in total. The number of hydrogen-bond acceptors (Lipinski definition) is 4. The summed E-state index contributed by atoms with van der Waals surface area (Å²) in [6.45, 7) is 0.966. The molecule has 1 saturated heterocycles. The van der Waals surface area contributed by atoms with Crippen molar-refractivity contribution in [2.45, 2.75) is 64.0 Å². The zero-order valence-electron chi connectivity index (χ0n) is 17.3. The Balaban J connectivity index is 1.53. The normalized spacial score (nSPS) is 18.1. The van der Waals surface area contributed by atoms with E-state index >= 15 is 0 Å². The molecule has 1 aromatic rings. The number of nitrogens with one attached hydrogen (secondary N) is 1. The van der Waals surface area contributed by atoms with E-state index in [1.54, 1.807) is 0 Å². The van der Waals surface area contributed by atoms with E-state index in [4.69, 9.17) is 4.74 Å². The molecule has 0 spiro atoms. The monoisotopic (exact) mass is 417 g/mol. The largest absolute Gasteiger partial charge is 0.464 e. The van der Waals surface area contributed by atoms with Crippen molar-refractivity contribution in [3.63, 3.8) is 0 Å². The van der Waals surface area contributed by atoms with E-state index < -0.39 is 12.2 Å². The maximum absolute atomic E-state index is 12.7. The number of hydrogen-bond donors (Lipinski definition) is 2. The standard InChI is InChI=1S/C22H31N3O5/c26-20(24-14-6-7-15-25(24)22(28)29)13-12-19(18-10-4-5-11-18)23-21(27)30-16-17-8-2-1-3-9-17/h1-3,8-9,18-19H,4-7,10-16H2,(H,23,27)(H,28,29). The Morgan fingerprint density at radius 2 is 1.70 bits per heavy atom. The molecule has 2 fully saturated rings. The second-order valence-electron chi connectivity index (χ2n) is 8.03. The molecule has 1 aliphatic heterocycles. The Labute approximate surface area is 177 Å². The summed E-state index contributed by atoms with van der Waals surface area (Å²) in [5.41, 5.74) is 0.916. The SMILES string of the molecule is O=C(NC(CCC(=O)N1CCCCN1C(=O)O)C1CCCC1)OCc1ccccc1. The molecule has 1 aliphatic carbocycles. The van der Waals surface area contributed by atoms with Gasteiger partial charge in [0.05, 0.1) is 0 Å². The van der Waals surface area contributed by atoms with E-state index in [-0.39, 0.29) is 25.0 Å². The smallest absolute Gasteiger partial charge is 0.426 e. The van der Waals surface area contributed by atoms with Gasteiger partial charge in [-0.15, -0.1) is 0 Å². The van der Waals surface area contributed by atoms with Crippen molar-refractivity contribution in [3.8, 4) is 0 Å². The average Bonchev–Trinajstić information content (AvgIpc) is 3.30. The first kappa shape index (κ1) is 21.9. The summed E-state index contributed by atoms with van der Waals surface area (Å²) in [5, 5.41) is 14.7. The van der Waals surface area contributed by atoms with E-state index in [9.17, 15) is 19.5 Å². The Kier molecular flexibility index (Phi) is 7.93. The fourth-order valence-corrected chi connectivity index (χ4v) is 4.33. The molecule has 3 amide bonds. The first-order valence-electron chi connectivity index (χ1n) is 10.8. The molecule has 0 aromatic heterocycles. The van der Waals surface area contributed by atoms with Crippen LogP contribution >= 0.6 is 0 Å². The van der Waals surface area contributed by atoms with Gasteiger partial charge in [0.25, 0.3) is 0 Å². The van der Waals surface area contributed by atoms with E-state index in [1.165, 1.54) is 5.01 Å². The maximum Gasteiger partial charge on any atom is 0.426 e. The topological polar surface area (TPSA) is 99.2 Å². The van der Waals surface area contributed by atoms with Crippen molar-refractivity contribution in [2.75, 3.05) is 13.1 Å². The van der Waals surface area contributed by atoms with Crippen molar-refractivity contribution in [1.82, 2.24) is 15.3 Å². The number of rotatable bonds is 7. The van der Waals surface area contributed by atoms with Gasteiger partial charge in [0.15, 0.2) is 0 Å². The molecule has 8 heteroatoms. The van der Waals surface area contributed by atoms with Crippen molar-refractivity contribution in [2.24, 2.45) is 5.92 Å². The molecular formula is C22H31N3O5. The van der Waals surface area contributed by atoms with E-state index in [1.807, 2.05) is 30.3 Å². The van der Waals surface area contributed by atoms with Crippen LogP contribution < -0.4 is 5.32 Å². The fourth-order valence-electron chi connectivity index (χ4n) is 4.33. The molecule has 2 aliphatic rings. The van der Waals surface area contributed by atoms with Crippen LogP contribution in [0.2, 0.25) is 0 Å². The van der Waals surface area contributed by atoms with Crippen LogP contribution in [0.15, 0.2) is 30.3 Å². The number of ether oxygens (including phenoxy) is 1. The van der Waals surface area contributed by atoms with Gasteiger partial charge in [-0.25, -0.2) is 19.6 Å². The molecule has 1 aromatic carbocycles. The molecular weight excluding hydrogens is 386 g/mol. The van der Waals surface area contributed by atoms with E-state index in [0.717, 1.165) is 49.1 Å². The lowest BCUT2D eigenvalue weighted by atomic mass is 9.94. The summed E-state index contributed by atoms with van der Waals surface area (Å²) in [7, 11) is 0. The highest BCUT2D eigenvalue weighted by molar-refractivity contribution is 5.79. The van der Waals surface area contributed by atoms with Gasteiger partial charge in [-0.1, -0.05) is 43.2 Å². The van der Waals surface area contributed by atoms with Crippen LogP contribution in [-0.4, -0.2) is 52.3 Å². The van der Waals surface area contributed by atoms with Crippen molar-refractivity contribution in [1.29, 1.82) is 0 Å². The Hall–Kier alpha value is -2.77. The third kappa shape index (κ3) is 6.11. The number of alkyl carbamates (subject to hydrolysis) is 1. The summed E-state index contributed by atoms with van der Waals surface area (Å²) in [4.78, 5) is 36.5. The molecule has 164 valence electrons. The van der Waals surface area contributed by atoms with Crippen LogP contribution in [0.1, 0.15) is 56.9 Å². The predicted molar refractivity (Wildman–Crippen MR) is 110 cm³/mol. The number of nitrogens with zero attached hydrogens (tertiary/aromatic N) is 2. The van der Waals surface area contributed by atoms with Crippen LogP contribution in [0.3, 0.4) is 0 Å².